The van der Waals surface area contributed by atoms with Gasteiger partial charge < -0.3 is 14.8 Å². The molecule has 1 aliphatic rings. The second-order valence-corrected chi connectivity index (χ2v) is 5.59. The van der Waals surface area contributed by atoms with Gasteiger partial charge in [-0.1, -0.05) is 6.07 Å². The molecule has 1 unspecified atom stereocenters. The molecule has 1 N–H and O–H groups in total. The molecule has 1 aromatic heterocycles. The van der Waals surface area contributed by atoms with E-state index in [0.29, 0.717) is 17.2 Å². The number of rotatable bonds is 3. The van der Waals surface area contributed by atoms with Crippen molar-refractivity contribution in [3.63, 3.8) is 0 Å². The molecule has 6 heteroatoms. The lowest BCUT2D eigenvalue weighted by atomic mass is 10.1. The first kappa shape index (κ1) is 14.7. The second kappa shape index (κ2) is 5.63. The topological polar surface area (TPSA) is 43.4 Å². The quantitative estimate of drug-likeness (QED) is 0.773. The minimum Gasteiger partial charge on any atom is -0.454 e. The number of pyridine rings is 1. The summed E-state index contributed by atoms with van der Waals surface area (Å²) in [6, 6.07) is 9.29. The highest BCUT2D eigenvalue weighted by Gasteiger charge is 2.17. The molecule has 0 bridgehead atoms. The SMILES string of the molecule is CC(Nc1ccnc2c(F)ccc(F)c12)c1ccc2c(c1)OCO2. The van der Waals surface area contributed by atoms with Crippen LogP contribution in [0.3, 0.4) is 0 Å². The minimum atomic E-state index is -0.550. The summed E-state index contributed by atoms with van der Waals surface area (Å²) in [5.41, 5.74) is 1.45. The van der Waals surface area contributed by atoms with Crippen LogP contribution in [0, 0.1) is 11.6 Å². The maximum Gasteiger partial charge on any atom is 0.231 e. The summed E-state index contributed by atoms with van der Waals surface area (Å²) < 4.78 is 38.7. The van der Waals surface area contributed by atoms with E-state index in [0.717, 1.165) is 17.7 Å². The summed E-state index contributed by atoms with van der Waals surface area (Å²) in [4.78, 5) is 3.94. The van der Waals surface area contributed by atoms with Gasteiger partial charge in [0.25, 0.3) is 0 Å². The van der Waals surface area contributed by atoms with Gasteiger partial charge in [-0.3, -0.25) is 4.98 Å². The van der Waals surface area contributed by atoms with Crippen molar-refractivity contribution < 1.29 is 18.3 Å². The van der Waals surface area contributed by atoms with Crippen LogP contribution in [0.15, 0.2) is 42.6 Å². The van der Waals surface area contributed by atoms with Crippen molar-refractivity contribution >= 4 is 16.6 Å². The predicted octanol–water partition coefficient (Wildman–Crippen LogP) is 4.41. The van der Waals surface area contributed by atoms with Gasteiger partial charge in [-0.05, 0) is 42.8 Å². The Bertz CT molecular complexity index is 930. The summed E-state index contributed by atoms with van der Waals surface area (Å²) in [7, 11) is 0. The largest absolute Gasteiger partial charge is 0.454 e. The zero-order valence-corrected chi connectivity index (χ0v) is 12.8. The Morgan fingerprint density at radius 2 is 1.83 bits per heavy atom. The molecule has 2 aromatic carbocycles. The maximum atomic E-state index is 14.2. The fourth-order valence-electron chi connectivity index (χ4n) is 2.81. The number of aromatic nitrogens is 1. The molecular weight excluding hydrogens is 314 g/mol. The Kier molecular flexibility index (Phi) is 3.45. The number of fused-ring (bicyclic) bond motifs is 2. The van der Waals surface area contributed by atoms with Crippen LogP contribution in [-0.4, -0.2) is 11.8 Å². The lowest BCUT2D eigenvalue weighted by Gasteiger charge is -2.18. The molecule has 3 aromatic rings. The Hall–Kier alpha value is -2.89. The molecule has 0 amide bonds. The Labute approximate surface area is 137 Å². The molecular formula is C18H14F2N2O2. The van der Waals surface area contributed by atoms with Crippen LogP contribution in [0.2, 0.25) is 0 Å². The molecule has 0 spiro atoms. The smallest absolute Gasteiger partial charge is 0.231 e. The number of hydrogen-bond donors (Lipinski definition) is 1. The Balaban J connectivity index is 1.70. The van der Waals surface area contributed by atoms with E-state index < -0.39 is 11.6 Å². The van der Waals surface area contributed by atoms with Crippen molar-refractivity contribution in [3.8, 4) is 11.5 Å². The standard InChI is InChI=1S/C18H14F2N2O2/c1-10(11-2-5-15-16(8-11)24-9-23-15)22-14-6-7-21-18-13(20)4-3-12(19)17(14)18/h2-8,10H,9H2,1H3,(H,21,22). The molecule has 24 heavy (non-hydrogen) atoms. The van der Waals surface area contributed by atoms with E-state index in [-0.39, 0.29) is 23.7 Å². The van der Waals surface area contributed by atoms with Gasteiger partial charge in [0.15, 0.2) is 11.5 Å². The highest BCUT2D eigenvalue weighted by molar-refractivity contribution is 5.92. The lowest BCUT2D eigenvalue weighted by Crippen LogP contribution is -2.08. The average molecular weight is 328 g/mol. The highest BCUT2D eigenvalue weighted by Crippen LogP contribution is 2.35. The summed E-state index contributed by atoms with van der Waals surface area (Å²) >= 11 is 0. The molecule has 0 saturated heterocycles. The van der Waals surface area contributed by atoms with Gasteiger partial charge >= 0.3 is 0 Å². The Morgan fingerprint density at radius 3 is 2.71 bits per heavy atom. The first-order chi connectivity index (χ1) is 11.6. The third-order valence-corrected chi connectivity index (χ3v) is 4.06. The van der Waals surface area contributed by atoms with E-state index in [1.807, 2.05) is 25.1 Å². The number of hydrogen-bond acceptors (Lipinski definition) is 4. The third kappa shape index (κ3) is 2.40. The molecule has 0 fully saturated rings. The second-order valence-electron chi connectivity index (χ2n) is 5.59. The van der Waals surface area contributed by atoms with Crippen molar-refractivity contribution in [2.45, 2.75) is 13.0 Å². The van der Waals surface area contributed by atoms with E-state index in [4.69, 9.17) is 9.47 Å². The lowest BCUT2D eigenvalue weighted by molar-refractivity contribution is 0.174. The average Bonchev–Trinajstić information content (AvgIpc) is 3.06. The number of nitrogens with zero attached hydrogens (tertiary/aromatic N) is 1. The molecule has 1 atom stereocenters. The van der Waals surface area contributed by atoms with Gasteiger partial charge in [0, 0.05) is 17.9 Å². The normalized spacial score (nSPS) is 14.0. The number of ether oxygens (including phenoxy) is 2. The summed E-state index contributed by atoms with van der Waals surface area (Å²) in [6.07, 6.45) is 1.46. The van der Waals surface area contributed by atoms with Gasteiger partial charge in [-0.15, -0.1) is 0 Å². The molecule has 0 radical (unpaired) electrons. The third-order valence-electron chi connectivity index (χ3n) is 4.06. The summed E-state index contributed by atoms with van der Waals surface area (Å²) in [6.45, 7) is 2.14. The van der Waals surface area contributed by atoms with Crippen LogP contribution in [0.1, 0.15) is 18.5 Å². The molecule has 4 rings (SSSR count). The number of nitrogens with one attached hydrogen (secondary N) is 1. The molecule has 122 valence electrons. The van der Waals surface area contributed by atoms with Gasteiger partial charge in [-0.25, -0.2) is 8.78 Å². The van der Waals surface area contributed by atoms with Gasteiger partial charge in [0.2, 0.25) is 6.79 Å². The molecule has 2 heterocycles. The molecule has 4 nitrogen and oxygen atoms in total. The zero-order chi connectivity index (χ0) is 16.7. The molecule has 0 aliphatic carbocycles. The monoisotopic (exact) mass is 328 g/mol. The van der Waals surface area contributed by atoms with E-state index in [1.54, 1.807) is 6.07 Å². The van der Waals surface area contributed by atoms with Crippen LogP contribution in [0.25, 0.3) is 10.9 Å². The van der Waals surface area contributed by atoms with Crippen molar-refractivity contribution in [3.05, 3.63) is 59.8 Å². The van der Waals surface area contributed by atoms with Crippen molar-refractivity contribution in [2.24, 2.45) is 0 Å². The van der Waals surface area contributed by atoms with E-state index >= 15 is 0 Å². The number of benzene rings is 2. The van der Waals surface area contributed by atoms with Crippen molar-refractivity contribution in [1.82, 2.24) is 4.98 Å². The number of anilines is 1. The molecule has 1 aliphatic heterocycles. The minimum absolute atomic E-state index is 0.0119. The van der Waals surface area contributed by atoms with E-state index in [1.165, 1.54) is 6.20 Å². The van der Waals surface area contributed by atoms with Gasteiger partial charge in [0.1, 0.15) is 17.2 Å². The van der Waals surface area contributed by atoms with Crippen LogP contribution in [0.5, 0.6) is 11.5 Å². The van der Waals surface area contributed by atoms with Crippen molar-refractivity contribution in [2.75, 3.05) is 12.1 Å². The van der Waals surface area contributed by atoms with Crippen molar-refractivity contribution in [1.29, 1.82) is 0 Å². The Morgan fingerprint density at radius 1 is 1.04 bits per heavy atom. The zero-order valence-electron chi connectivity index (χ0n) is 12.8. The molecule has 0 saturated carbocycles. The summed E-state index contributed by atoms with van der Waals surface area (Å²) in [5.74, 6) is 0.317. The van der Waals surface area contributed by atoms with Gasteiger partial charge in [-0.2, -0.15) is 0 Å². The maximum absolute atomic E-state index is 14.2. The van der Waals surface area contributed by atoms with Crippen LogP contribution >= 0.6 is 0 Å². The van der Waals surface area contributed by atoms with Crippen LogP contribution in [0.4, 0.5) is 14.5 Å². The van der Waals surface area contributed by atoms with Crippen LogP contribution in [-0.2, 0) is 0 Å². The number of halogens is 2. The van der Waals surface area contributed by atoms with E-state index in [9.17, 15) is 8.78 Å². The predicted molar refractivity (Wildman–Crippen MR) is 86.3 cm³/mol. The highest BCUT2D eigenvalue weighted by atomic mass is 19.1. The first-order valence-corrected chi connectivity index (χ1v) is 7.52. The first-order valence-electron chi connectivity index (χ1n) is 7.52. The fourth-order valence-corrected chi connectivity index (χ4v) is 2.81. The summed E-state index contributed by atoms with van der Waals surface area (Å²) in [5, 5.41) is 3.36. The van der Waals surface area contributed by atoms with E-state index in [2.05, 4.69) is 10.3 Å². The fraction of sp³-hybridized carbons (Fsp3) is 0.167. The van der Waals surface area contributed by atoms with Crippen LogP contribution < -0.4 is 14.8 Å². The van der Waals surface area contributed by atoms with Gasteiger partial charge in [0.05, 0.1) is 5.39 Å².